The fraction of sp³-hybridized carbons (Fsp3) is 0.529. The number of methoxy groups -OCH3 is 2. The van der Waals surface area contributed by atoms with Crippen LogP contribution in [0.25, 0.3) is 0 Å². The summed E-state index contributed by atoms with van der Waals surface area (Å²) in [7, 11) is 3.08. The number of ether oxygens (including phenoxy) is 2. The number of carbonyl (C=O) groups excluding carboxylic acids is 2. The SMILES string of the molecule is COc1ccc(N2CC(NC(=O)NC(C)(C)CO)CC2=O)cc1OC. The van der Waals surface area contributed by atoms with Crippen LogP contribution in [0.1, 0.15) is 20.3 Å². The number of hydrogen-bond donors (Lipinski definition) is 3. The number of urea groups is 1. The van der Waals surface area contributed by atoms with E-state index in [2.05, 4.69) is 10.6 Å². The normalized spacial score (nSPS) is 17.4. The van der Waals surface area contributed by atoms with Crippen molar-refractivity contribution in [3.8, 4) is 11.5 Å². The third kappa shape index (κ3) is 4.54. The number of benzene rings is 1. The number of nitrogens with one attached hydrogen (secondary N) is 2. The van der Waals surface area contributed by atoms with Crippen LogP contribution in [0.5, 0.6) is 11.5 Å². The van der Waals surface area contributed by atoms with Crippen molar-refractivity contribution < 1.29 is 24.2 Å². The van der Waals surface area contributed by atoms with E-state index in [0.29, 0.717) is 23.7 Å². The Hall–Kier alpha value is -2.48. The second-order valence-corrected chi connectivity index (χ2v) is 6.59. The van der Waals surface area contributed by atoms with Crippen LogP contribution in [-0.2, 0) is 4.79 Å². The molecule has 8 heteroatoms. The molecule has 1 saturated heterocycles. The van der Waals surface area contributed by atoms with Crippen molar-refractivity contribution in [2.75, 3.05) is 32.3 Å². The van der Waals surface area contributed by atoms with Crippen molar-refractivity contribution in [2.45, 2.75) is 31.8 Å². The van der Waals surface area contributed by atoms with E-state index < -0.39 is 11.6 Å². The highest BCUT2D eigenvalue weighted by Crippen LogP contribution is 2.33. The molecule has 1 aliphatic rings. The summed E-state index contributed by atoms with van der Waals surface area (Å²) in [4.78, 5) is 25.9. The van der Waals surface area contributed by atoms with Crippen LogP contribution in [0.4, 0.5) is 10.5 Å². The lowest BCUT2D eigenvalue weighted by Crippen LogP contribution is -2.53. The molecule has 0 saturated carbocycles. The number of carbonyl (C=O) groups is 2. The zero-order chi connectivity index (χ0) is 18.6. The molecule has 0 aromatic heterocycles. The van der Waals surface area contributed by atoms with Gasteiger partial charge in [0.2, 0.25) is 5.91 Å². The van der Waals surface area contributed by atoms with Gasteiger partial charge < -0.3 is 30.1 Å². The third-order valence-corrected chi connectivity index (χ3v) is 3.99. The second kappa shape index (κ2) is 7.60. The quantitative estimate of drug-likeness (QED) is 0.706. The molecule has 8 nitrogen and oxygen atoms in total. The molecule has 0 bridgehead atoms. The Labute approximate surface area is 147 Å². The first kappa shape index (κ1) is 18.9. The van der Waals surface area contributed by atoms with Crippen LogP contribution >= 0.6 is 0 Å². The van der Waals surface area contributed by atoms with Crippen LogP contribution in [0.3, 0.4) is 0 Å². The maximum absolute atomic E-state index is 12.3. The summed E-state index contributed by atoms with van der Waals surface area (Å²) in [5.74, 6) is 1.03. The second-order valence-electron chi connectivity index (χ2n) is 6.59. The van der Waals surface area contributed by atoms with Crippen molar-refractivity contribution in [3.63, 3.8) is 0 Å². The number of anilines is 1. The van der Waals surface area contributed by atoms with Gasteiger partial charge in [0.15, 0.2) is 11.5 Å². The molecule has 3 N–H and O–H groups in total. The molecular weight excluding hydrogens is 326 g/mol. The van der Waals surface area contributed by atoms with Gasteiger partial charge in [0, 0.05) is 24.7 Å². The Kier molecular flexibility index (Phi) is 5.73. The first-order valence-corrected chi connectivity index (χ1v) is 8.01. The van der Waals surface area contributed by atoms with Gasteiger partial charge >= 0.3 is 6.03 Å². The smallest absolute Gasteiger partial charge is 0.315 e. The fourth-order valence-corrected chi connectivity index (χ4v) is 2.61. The summed E-state index contributed by atoms with van der Waals surface area (Å²) in [6.45, 7) is 3.60. The first-order chi connectivity index (χ1) is 11.8. The van der Waals surface area contributed by atoms with E-state index in [0.717, 1.165) is 0 Å². The van der Waals surface area contributed by atoms with Crippen LogP contribution in [0.15, 0.2) is 18.2 Å². The molecule has 1 atom stereocenters. The van der Waals surface area contributed by atoms with Gasteiger partial charge in [-0.2, -0.15) is 0 Å². The highest BCUT2D eigenvalue weighted by Gasteiger charge is 2.32. The van der Waals surface area contributed by atoms with E-state index in [1.165, 1.54) is 7.11 Å². The lowest BCUT2D eigenvalue weighted by Gasteiger charge is -2.25. The summed E-state index contributed by atoms with van der Waals surface area (Å²) in [5.41, 5.74) is -0.0431. The van der Waals surface area contributed by atoms with Gasteiger partial charge in [0.25, 0.3) is 0 Å². The van der Waals surface area contributed by atoms with Gasteiger partial charge in [-0.1, -0.05) is 0 Å². The minimum atomic E-state index is -0.726. The molecule has 0 spiro atoms. The zero-order valence-electron chi connectivity index (χ0n) is 15.0. The predicted octanol–water partition coefficient (Wildman–Crippen LogP) is 0.879. The molecule has 1 fully saturated rings. The number of aliphatic hydroxyl groups excluding tert-OH is 1. The predicted molar refractivity (Wildman–Crippen MR) is 93.1 cm³/mol. The molecule has 0 radical (unpaired) electrons. The maximum atomic E-state index is 12.3. The minimum Gasteiger partial charge on any atom is -0.493 e. The van der Waals surface area contributed by atoms with Crippen LogP contribution in [0.2, 0.25) is 0 Å². The molecule has 1 heterocycles. The number of rotatable bonds is 6. The fourth-order valence-electron chi connectivity index (χ4n) is 2.61. The van der Waals surface area contributed by atoms with Crippen molar-refractivity contribution in [1.29, 1.82) is 0 Å². The number of hydrogen-bond acceptors (Lipinski definition) is 5. The standard InChI is InChI=1S/C17H25N3O5/c1-17(2,10-21)19-16(23)18-11-7-15(22)20(9-11)12-5-6-13(24-3)14(8-12)25-4/h5-6,8,11,21H,7,9-10H2,1-4H3,(H2,18,19,23). The largest absolute Gasteiger partial charge is 0.493 e. The molecule has 1 unspecified atom stereocenters. The van der Waals surface area contributed by atoms with E-state index in [1.807, 2.05) is 0 Å². The van der Waals surface area contributed by atoms with E-state index in [9.17, 15) is 14.7 Å². The summed E-state index contributed by atoms with van der Waals surface area (Å²) in [5, 5.41) is 14.6. The lowest BCUT2D eigenvalue weighted by molar-refractivity contribution is -0.117. The van der Waals surface area contributed by atoms with E-state index in [4.69, 9.17) is 9.47 Å². The van der Waals surface area contributed by atoms with Crippen molar-refractivity contribution in [2.24, 2.45) is 0 Å². The van der Waals surface area contributed by atoms with Gasteiger partial charge in [0.1, 0.15) is 0 Å². The topological polar surface area (TPSA) is 100 Å². The van der Waals surface area contributed by atoms with Gasteiger partial charge in [-0.15, -0.1) is 0 Å². The molecule has 1 aromatic rings. The Morgan fingerprint density at radius 2 is 2.00 bits per heavy atom. The molecule has 25 heavy (non-hydrogen) atoms. The lowest BCUT2D eigenvalue weighted by atomic mass is 10.1. The van der Waals surface area contributed by atoms with Crippen molar-refractivity contribution in [1.82, 2.24) is 10.6 Å². The van der Waals surface area contributed by atoms with Crippen molar-refractivity contribution in [3.05, 3.63) is 18.2 Å². The van der Waals surface area contributed by atoms with Crippen molar-refractivity contribution >= 4 is 17.6 Å². The number of nitrogens with zero attached hydrogens (tertiary/aromatic N) is 1. The summed E-state index contributed by atoms with van der Waals surface area (Å²) >= 11 is 0. The average molecular weight is 351 g/mol. The average Bonchev–Trinajstić information content (AvgIpc) is 2.93. The zero-order valence-corrected chi connectivity index (χ0v) is 15.0. The Balaban J connectivity index is 2.04. The molecule has 1 aromatic carbocycles. The minimum absolute atomic E-state index is 0.0843. The van der Waals surface area contributed by atoms with Gasteiger partial charge in [-0.3, -0.25) is 4.79 Å². The highest BCUT2D eigenvalue weighted by molar-refractivity contribution is 5.97. The highest BCUT2D eigenvalue weighted by atomic mass is 16.5. The first-order valence-electron chi connectivity index (χ1n) is 8.01. The number of amides is 3. The van der Waals surface area contributed by atoms with E-state index in [-0.39, 0.29) is 25.0 Å². The van der Waals surface area contributed by atoms with Crippen LogP contribution in [0, 0.1) is 0 Å². The molecule has 2 rings (SSSR count). The maximum Gasteiger partial charge on any atom is 0.315 e. The molecule has 0 aliphatic carbocycles. The van der Waals surface area contributed by atoms with E-state index >= 15 is 0 Å². The van der Waals surface area contributed by atoms with Crippen LogP contribution < -0.4 is 25.0 Å². The van der Waals surface area contributed by atoms with Gasteiger partial charge in [-0.05, 0) is 26.0 Å². The third-order valence-electron chi connectivity index (χ3n) is 3.99. The number of aliphatic hydroxyl groups is 1. The van der Waals surface area contributed by atoms with Gasteiger partial charge in [0.05, 0.1) is 32.4 Å². The summed E-state index contributed by atoms with van der Waals surface area (Å²) in [6.07, 6.45) is 0.210. The summed E-state index contributed by atoms with van der Waals surface area (Å²) in [6, 6.07) is 4.52. The Morgan fingerprint density at radius 1 is 1.32 bits per heavy atom. The van der Waals surface area contributed by atoms with Gasteiger partial charge in [-0.25, -0.2) is 4.79 Å². The summed E-state index contributed by atoms with van der Waals surface area (Å²) < 4.78 is 10.5. The Morgan fingerprint density at radius 3 is 2.60 bits per heavy atom. The van der Waals surface area contributed by atoms with Crippen LogP contribution in [-0.4, -0.2) is 56.0 Å². The molecule has 1 aliphatic heterocycles. The Bertz CT molecular complexity index is 647. The molecule has 138 valence electrons. The molecule has 3 amide bonds. The van der Waals surface area contributed by atoms with E-state index in [1.54, 1.807) is 44.1 Å². The molecular formula is C17H25N3O5. The monoisotopic (exact) mass is 351 g/mol.